The van der Waals surface area contributed by atoms with Crippen LogP contribution < -0.4 is 10.6 Å². The normalized spacial score (nSPS) is 12.7. The van der Waals surface area contributed by atoms with Crippen molar-refractivity contribution in [3.63, 3.8) is 0 Å². The predicted molar refractivity (Wildman–Crippen MR) is 70.7 cm³/mol. The van der Waals surface area contributed by atoms with Crippen molar-refractivity contribution in [1.82, 2.24) is 20.8 Å². The van der Waals surface area contributed by atoms with Crippen LogP contribution in [0.15, 0.2) is 4.52 Å². The summed E-state index contributed by atoms with van der Waals surface area (Å²) >= 11 is 0. The fraction of sp³-hybridized carbons (Fsp3) is 0.727. The monoisotopic (exact) mass is 276 g/mol. The third kappa shape index (κ3) is 4.62. The number of hydrogen-bond donors (Lipinski definition) is 2. The molecule has 0 bridgehead atoms. The van der Waals surface area contributed by atoms with Gasteiger partial charge in [-0.05, 0) is 14.0 Å². The van der Waals surface area contributed by atoms with E-state index in [1.807, 2.05) is 27.7 Å². The lowest BCUT2D eigenvalue weighted by Gasteiger charge is -2.11. The Morgan fingerprint density at radius 2 is 2.06 bits per heavy atom. The molecule has 0 aromatic carbocycles. The molecule has 0 aliphatic carbocycles. The Bertz CT molecular complexity index is 387. The molecule has 0 saturated carbocycles. The van der Waals surface area contributed by atoms with Crippen LogP contribution in [0, 0.1) is 0 Å². The van der Waals surface area contributed by atoms with Crippen LogP contribution in [0.2, 0.25) is 0 Å². The van der Waals surface area contributed by atoms with E-state index in [1.165, 1.54) is 0 Å². The van der Waals surface area contributed by atoms with Gasteiger partial charge in [0, 0.05) is 5.41 Å². The van der Waals surface area contributed by atoms with E-state index in [4.69, 9.17) is 4.52 Å². The molecule has 1 aromatic rings. The molecule has 0 aliphatic rings. The van der Waals surface area contributed by atoms with Gasteiger partial charge in [0.15, 0.2) is 5.82 Å². The first-order valence-corrected chi connectivity index (χ1v) is 5.62. The van der Waals surface area contributed by atoms with Crippen molar-refractivity contribution in [2.45, 2.75) is 39.2 Å². The van der Waals surface area contributed by atoms with Gasteiger partial charge in [-0.25, -0.2) is 0 Å². The summed E-state index contributed by atoms with van der Waals surface area (Å²) < 4.78 is 5.14. The van der Waals surface area contributed by atoms with Gasteiger partial charge in [0.2, 0.25) is 11.8 Å². The van der Waals surface area contributed by atoms with Gasteiger partial charge < -0.3 is 15.2 Å². The Morgan fingerprint density at radius 3 is 2.50 bits per heavy atom. The lowest BCUT2D eigenvalue weighted by Crippen LogP contribution is -2.34. The van der Waals surface area contributed by atoms with Crippen LogP contribution in [0.4, 0.5) is 0 Å². The van der Waals surface area contributed by atoms with Gasteiger partial charge in [0.25, 0.3) is 0 Å². The second kappa shape index (κ2) is 6.70. The van der Waals surface area contributed by atoms with Gasteiger partial charge in [0.1, 0.15) is 6.04 Å². The number of halogens is 1. The van der Waals surface area contributed by atoms with E-state index < -0.39 is 0 Å². The van der Waals surface area contributed by atoms with Crippen molar-refractivity contribution < 1.29 is 9.32 Å². The first kappa shape index (κ1) is 16.9. The maximum Gasteiger partial charge on any atom is 0.248 e. The van der Waals surface area contributed by atoms with E-state index in [2.05, 4.69) is 20.8 Å². The first-order valence-electron chi connectivity index (χ1n) is 5.62. The van der Waals surface area contributed by atoms with Crippen LogP contribution >= 0.6 is 12.4 Å². The molecule has 0 fully saturated rings. The molecule has 0 saturated heterocycles. The van der Waals surface area contributed by atoms with Crippen LogP contribution in [0.25, 0.3) is 0 Å². The molecule has 1 unspecified atom stereocenters. The molecule has 0 spiro atoms. The first-order chi connectivity index (χ1) is 7.84. The van der Waals surface area contributed by atoms with E-state index in [1.54, 1.807) is 7.05 Å². The zero-order chi connectivity index (χ0) is 13.1. The number of amides is 1. The average Bonchev–Trinajstić information content (AvgIpc) is 2.65. The van der Waals surface area contributed by atoms with Crippen molar-refractivity contribution in [3.8, 4) is 0 Å². The van der Waals surface area contributed by atoms with Crippen molar-refractivity contribution in [3.05, 3.63) is 11.7 Å². The summed E-state index contributed by atoms with van der Waals surface area (Å²) in [5.74, 6) is 0.970. The van der Waals surface area contributed by atoms with Crippen molar-refractivity contribution in [1.29, 1.82) is 0 Å². The van der Waals surface area contributed by atoms with Crippen LogP contribution in [0.3, 0.4) is 0 Å². The highest BCUT2D eigenvalue weighted by atomic mass is 35.5. The molecule has 6 nitrogen and oxygen atoms in total. The molecule has 7 heteroatoms. The van der Waals surface area contributed by atoms with E-state index in [0.29, 0.717) is 11.7 Å². The topological polar surface area (TPSA) is 80.0 Å². The fourth-order valence-corrected chi connectivity index (χ4v) is 1.23. The zero-order valence-corrected chi connectivity index (χ0v) is 12.2. The smallest absolute Gasteiger partial charge is 0.248 e. The standard InChI is InChI=1S/C11H20N4O2.ClH/c1-7(13-8(16)6-12-5)9-14-10(15-17-9)11(2,3)4;/h7,12H,6H2,1-5H3,(H,13,16);1H. The SMILES string of the molecule is CNCC(=O)NC(C)c1nc(C(C)(C)C)no1.Cl. The Morgan fingerprint density at radius 1 is 1.44 bits per heavy atom. The summed E-state index contributed by atoms with van der Waals surface area (Å²) in [5, 5.41) is 9.45. The summed E-state index contributed by atoms with van der Waals surface area (Å²) in [7, 11) is 1.72. The molecule has 1 rings (SSSR count). The highest BCUT2D eigenvalue weighted by Crippen LogP contribution is 2.20. The second-order valence-corrected chi connectivity index (χ2v) is 5.03. The second-order valence-electron chi connectivity index (χ2n) is 5.03. The highest BCUT2D eigenvalue weighted by Gasteiger charge is 2.23. The Labute approximate surface area is 113 Å². The fourth-order valence-electron chi connectivity index (χ4n) is 1.23. The predicted octanol–water partition coefficient (Wildman–Crippen LogP) is 1.19. The maximum absolute atomic E-state index is 11.4. The van der Waals surface area contributed by atoms with E-state index in [0.717, 1.165) is 0 Å². The average molecular weight is 277 g/mol. The molecule has 2 N–H and O–H groups in total. The Kier molecular flexibility index (Phi) is 6.28. The molecule has 18 heavy (non-hydrogen) atoms. The van der Waals surface area contributed by atoms with E-state index in [-0.39, 0.29) is 36.3 Å². The summed E-state index contributed by atoms with van der Waals surface area (Å²) in [6.45, 7) is 8.10. The molecule has 1 aromatic heterocycles. The van der Waals surface area contributed by atoms with Gasteiger partial charge in [-0.15, -0.1) is 12.4 Å². The Hall–Kier alpha value is -1.14. The lowest BCUT2D eigenvalue weighted by molar-refractivity contribution is -0.120. The third-order valence-electron chi connectivity index (χ3n) is 2.20. The minimum atomic E-state index is -0.278. The molecule has 1 atom stereocenters. The summed E-state index contributed by atoms with van der Waals surface area (Å²) in [6.07, 6.45) is 0. The molecule has 0 radical (unpaired) electrons. The largest absolute Gasteiger partial charge is 0.343 e. The molecule has 104 valence electrons. The lowest BCUT2D eigenvalue weighted by atomic mass is 9.96. The van der Waals surface area contributed by atoms with E-state index >= 15 is 0 Å². The minimum Gasteiger partial charge on any atom is -0.343 e. The number of likely N-dealkylation sites (N-methyl/N-ethyl adjacent to an activating group) is 1. The highest BCUT2D eigenvalue weighted by molar-refractivity contribution is 5.85. The van der Waals surface area contributed by atoms with Gasteiger partial charge in [-0.2, -0.15) is 4.98 Å². The number of carbonyl (C=O) groups excluding carboxylic acids is 1. The van der Waals surface area contributed by atoms with Crippen LogP contribution in [0.1, 0.15) is 45.5 Å². The van der Waals surface area contributed by atoms with Gasteiger partial charge in [-0.1, -0.05) is 25.9 Å². The van der Waals surface area contributed by atoms with Gasteiger partial charge in [-0.3, -0.25) is 4.79 Å². The molecular formula is C11H21ClN4O2. The third-order valence-corrected chi connectivity index (χ3v) is 2.20. The summed E-state index contributed by atoms with van der Waals surface area (Å²) in [4.78, 5) is 15.6. The number of nitrogens with one attached hydrogen (secondary N) is 2. The number of nitrogens with zero attached hydrogens (tertiary/aromatic N) is 2. The van der Waals surface area contributed by atoms with Crippen LogP contribution in [-0.4, -0.2) is 29.6 Å². The molecule has 1 amide bonds. The van der Waals surface area contributed by atoms with Crippen molar-refractivity contribution in [2.24, 2.45) is 0 Å². The van der Waals surface area contributed by atoms with E-state index in [9.17, 15) is 4.79 Å². The number of aromatic nitrogens is 2. The molecule has 0 aliphatic heterocycles. The summed E-state index contributed by atoms with van der Waals surface area (Å²) in [6, 6.07) is -0.278. The zero-order valence-electron chi connectivity index (χ0n) is 11.4. The Balaban J connectivity index is 0.00000289. The van der Waals surface area contributed by atoms with Crippen LogP contribution in [0.5, 0.6) is 0 Å². The minimum absolute atomic E-state index is 0. The van der Waals surface area contributed by atoms with Crippen molar-refractivity contribution in [2.75, 3.05) is 13.6 Å². The molecule has 1 heterocycles. The van der Waals surface area contributed by atoms with Gasteiger partial charge in [0.05, 0.1) is 6.54 Å². The quantitative estimate of drug-likeness (QED) is 0.863. The maximum atomic E-state index is 11.4. The van der Waals surface area contributed by atoms with Crippen molar-refractivity contribution >= 4 is 18.3 Å². The number of rotatable bonds is 4. The van der Waals surface area contributed by atoms with Crippen LogP contribution in [-0.2, 0) is 10.2 Å². The molecular weight excluding hydrogens is 256 g/mol. The van der Waals surface area contributed by atoms with Gasteiger partial charge >= 0.3 is 0 Å². The number of carbonyl (C=O) groups is 1. The number of hydrogen-bond acceptors (Lipinski definition) is 5. The summed E-state index contributed by atoms with van der Waals surface area (Å²) in [5.41, 5.74) is -0.156.